The number of thiophene rings is 1. The number of benzene rings is 1. The highest BCUT2D eigenvalue weighted by Crippen LogP contribution is 2.24. The zero-order chi connectivity index (χ0) is 16.1. The molecule has 1 heterocycles. The third-order valence-corrected chi connectivity index (χ3v) is 4.79. The minimum absolute atomic E-state index is 0. The molecule has 0 radical (unpaired) electrons. The second kappa shape index (κ2) is 9.06. The standard InChI is InChI=1S/C18H24N2OS.ClH/c1-4-15-6-8-16(9-7-15)20(18(21)13(2)11-19)12-17-10-5-14(3)22-17;/h5-10,13H,4,11-12,19H2,1-3H3;1H. The van der Waals surface area contributed by atoms with Crippen molar-refractivity contribution in [3.05, 3.63) is 51.7 Å². The lowest BCUT2D eigenvalue weighted by Crippen LogP contribution is -2.37. The summed E-state index contributed by atoms with van der Waals surface area (Å²) in [5.74, 6) is -0.0929. The van der Waals surface area contributed by atoms with Gasteiger partial charge >= 0.3 is 0 Å². The first-order valence-corrected chi connectivity index (χ1v) is 8.52. The first-order chi connectivity index (χ1) is 10.5. The van der Waals surface area contributed by atoms with Gasteiger partial charge < -0.3 is 10.6 Å². The number of nitrogens with zero attached hydrogens (tertiary/aromatic N) is 1. The predicted molar refractivity (Wildman–Crippen MR) is 102 cm³/mol. The van der Waals surface area contributed by atoms with E-state index in [1.807, 2.05) is 24.0 Å². The summed E-state index contributed by atoms with van der Waals surface area (Å²) in [5.41, 5.74) is 7.90. The maximum absolute atomic E-state index is 12.7. The summed E-state index contributed by atoms with van der Waals surface area (Å²) in [6, 6.07) is 12.4. The Kier molecular flexibility index (Phi) is 7.76. The summed E-state index contributed by atoms with van der Waals surface area (Å²) in [7, 11) is 0. The number of hydrogen-bond acceptors (Lipinski definition) is 3. The number of anilines is 1. The fraction of sp³-hybridized carbons (Fsp3) is 0.389. The van der Waals surface area contributed by atoms with Crippen LogP contribution in [0.2, 0.25) is 0 Å². The van der Waals surface area contributed by atoms with Crippen molar-refractivity contribution in [3.63, 3.8) is 0 Å². The number of aryl methyl sites for hydroxylation is 2. The van der Waals surface area contributed by atoms with Gasteiger partial charge in [-0.25, -0.2) is 0 Å². The minimum Gasteiger partial charge on any atom is -0.330 e. The Morgan fingerprint density at radius 2 is 1.87 bits per heavy atom. The van der Waals surface area contributed by atoms with Gasteiger partial charge in [0.25, 0.3) is 0 Å². The van der Waals surface area contributed by atoms with Crippen molar-refractivity contribution in [2.45, 2.75) is 33.7 Å². The maximum atomic E-state index is 12.7. The maximum Gasteiger partial charge on any atom is 0.231 e. The van der Waals surface area contributed by atoms with Crippen LogP contribution in [0.4, 0.5) is 5.69 Å². The molecule has 2 N–H and O–H groups in total. The molecule has 1 aromatic carbocycles. The number of carbonyl (C=O) groups excluding carboxylic acids is 1. The van der Waals surface area contributed by atoms with E-state index in [2.05, 4.69) is 38.1 Å². The zero-order valence-corrected chi connectivity index (χ0v) is 15.5. The van der Waals surface area contributed by atoms with Gasteiger partial charge in [-0.3, -0.25) is 4.79 Å². The Balaban J connectivity index is 0.00000264. The van der Waals surface area contributed by atoms with Crippen LogP contribution in [0.3, 0.4) is 0 Å². The van der Waals surface area contributed by atoms with E-state index in [1.165, 1.54) is 15.3 Å². The molecule has 0 aliphatic rings. The van der Waals surface area contributed by atoms with Gasteiger partial charge in [-0.1, -0.05) is 26.0 Å². The monoisotopic (exact) mass is 352 g/mol. The molecule has 23 heavy (non-hydrogen) atoms. The Labute approximate surface area is 148 Å². The molecule has 0 saturated carbocycles. The van der Waals surface area contributed by atoms with E-state index in [-0.39, 0.29) is 24.2 Å². The molecule has 0 spiro atoms. The van der Waals surface area contributed by atoms with Crippen LogP contribution in [-0.2, 0) is 17.8 Å². The SMILES string of the molecule is CCc1ccc(N(Cc2ccc(C)s2)C(=O)C(C)CN)cc1.Cl. The first-order valence-electron chi connectivity index (χ1n) is 7.70. The lowest BCUT2D eigenvalue weighted by atomic mass is 10.1. The Bertz CT molecular complexity index is 624. The lowest BCUT2D eigenvalue weighted by molar-refractivity contribution is -0.121. The fourth-order valence-corrected chi connectivity index (χ4v) is 3.18. The minimum atomic E-state index is -0.174. The first kappa shape index (κ1) is 19.7. The number of rotatable bonds is 6. The molecule has 1 amide bonds. The molecule has 5 heteroatoms. The van der Waals surface area contributed by atoms with Crippen LogP contribution >= 0.6 is 23.7 Å². The van der Waals surface area contributed by atoms with Crippen LogP contribution in [0, 0.1) is 12.8 Å². The van der Waals surface area contributed by atoms with Crippen molar-refractivity contribution in [1.82, 2.24) is 0 Å². The summed E-state index contributed by atoms with van der Waals surface area (Å²) >= 11 is 1.73. The molecule has 1 unspecified atom stereocenters. The van der Waals surface area contributed by atoms with Gasteiger partial charge in [-0.2, -0.15) is 0 Å². The summed E-state index contributed by atoms with van der Waals surface area (Å²) < 4.78 is 0. The molecule has 0 aliphatic carbocycles. The number of halogens is 1. The second-order valence-electron chi connectivity index (χ2n) is 5.59. The van der Waals surface area contributed by atoms with Crippen molar-refractivity contribution >= 4 is 35.3 Å². The molecule has 1 atom stereocenters. The van der Waals surface area contributed by atoms with Crippen LogP contribution < -0.4 is 10.6 Å². The van der Waals surface area contributed by atoms with Crippen LogP contribution in [0.1, 0.15) is 29.2 Å². The third-order valence-electron chi connectivity index (χ3n) is 3.81. The normalized spacial score (nSPS) is 11.7. The van der Waals surface area contributed by atoms with E-state index >= 15 is 0 Å². The summed E-state index contributed by atoms with van der Waals surface area (Å²) in [6.45, 7) is 7.07. The molecular formula is C18H25ClN2OS. The highest BCUT2D eigenvalue weighted by atomic mass is 35.5. The van der Waals surface area contributed by atoms with Crippen molar-refractivity contribution in [2.24, 2.45) is 11.7 Å². The summed E-state index contributed by atoms with van der Waals surface area (Å²) in [6.07, 6.45) is 0.998. The van der Waals surface area contributed by atoms with E-state index in [1.54, 1.807) is 11.3 Å². The van der Waals surface area contributed by atoms with Crippen molar-refractivity contribution in [3.8, 4) is 0 Å². The quantitative estimate of drug-likeness (QED) is 0.848. The van der Waals surface area contributed by atoms with E-state index in [4.69, 9.17) is 5.73 Å². The highest BCUT2D eigenvalue weighted by Gasteiger charge is 2.21. The number of nitrogens with two attached hydrogens (primary N) is 1. The zero-order valence-electron chi connectivity index (χ0n) is 13.9. The van der Waals surface area contributed by atoms with Crippen molar-refractivity contribution < 1.29 is 4.79 Å². The molecule has 0 aliphatic heterocycles. The molecule has 126 valence electrons. The Hall–Kier alpha value is -1.36. The van der Waals surface area contributed by atoms with Gasteiger partial charge in [0.2, 0.25) is 5.91 Å². The van der Waals surface area contributed by atoms with Gasteiger partial charge in [0, 0.05) is 27.9 Å². The Morgan fingerprint density at radius 1 is 1.22 bits per heavy atom. The molecule has 0 bridgehead atoms. The number of carbonyl (C=O) groups is 1. The van der Waals surface area contributed by atoms with Gasteiger partial charge in [0.05, 0.1) is 6.54 Å². The third kappa shape index (κ3) is 5.06. The van der Waals surface area contributed by atoms with Crippen molar-refractivity contribution in [2.75, 3.05) is 11.4 Å². The number of amides is 1. The van der Waals surface area contributed by atoms with Crippen LogP contribution in [0.15, 0.2) is 36.4 Å². The van der Waals surface area contributed by atoms with E-state index < -0.39 is 0 Å². The molecule has 2 rings (SSSR count). The van der Waals surface area contributed by atoms with Gasteiger partial charge in [-0.05, 0) is 43.2 Å². The van der Waals surface area contributed by atoms with Crippen LogP contribution in [0.5, 0.6) is 0 Å². The topological polar surface area (TPSA) is 46.3 Å². The lowest BCUT2D eigenvalue weighted by Gasteiger charge is -2.25. The van der Waals surface area contributed by atoms with Crippen LogP contribution in [-0.4, -0.2) is 12.5 Å². The van der Waals surface area contributed by atoms with E-state index in [0.717, 1.165) is 12.1 Å². The van der Waals surface area contributed by atoms with E-state index in [9.17, 15) is 4.79 Å². The summed E-state index contributed by atoms with van der Waals surface area (Å²) in [4.78, 5) is 17.0. The predicted octanol–water partition coefficient (Wildman–Crippen LogP) is 4.17. The molecule has 3 nitrogen and oxygen atoms in total. The number of hydrogen-bond donors (Lipinski definition) is 1. The van der Waals surface area contributed by atoms with Crippen LogP contribution in [0.25, 0.3) is 0 Å². The van der Waals surface area contributed by atoms with Gasteiger partial charge in [0.15, 0.2) is 0 Å². The van der Waals surface area contributed by atoms with Gasteiger partial charge in [-0.15, -0.1) is 23.7 Å². The average Bonchev–Trinajstić information content (AvgIpc) is 2.96. The van der Waals surface area contributed by atoms with Gasteiger partial charge in [0.1, 0.15) is 0 Å². The smallest absolute Gasteiger partial charge is 0.231 e. The molecule has 2 aromatic rings. The molecular weight excluding hydrogens is 328 g/mol. The fourth-order valence-electron chi connectivity index (χ4n) is 2.30. The summed E-state index contributed by atoms with van der Waals surface area (Å²) in [5, 5.41) is 0. The average molecular weight is 353 g/mol. The second-order valence-corrected chi connectivity index (χ2v) is 6.97. The van der Waals surface area contributed by atoms with E-state index in [0.29, 0.717) is 13.1 Å². The highest BCUT2D eigenvalue weighted by molar-refractivity contribution is 7.11. The molecule has 1 aromatic heterocycles. The molecule has 0 saturated heterocycles. The molecule has 0 fully saturated rings. The van der Waals surface area contributed by atoms with Crippen molar-refractivity contribution in [1.29, 1.82) is 0 Å². The largest absolute Gasteiger partial charge is 0.330 e. The Morgan fingerprint density at radius 3 is 2.35 bits per heavy atom.